The molecule has 2 N–H and O–H groups in total. The van der Waals surface area contributed by atoms with E-state index in [-0.39, 0.29) is 12.1 Å². The van der Waals surface area contributed by atoms with E-state index in [2.05, 4.69) is 73.9 Å². The first kappa shape index (κ1) is 18.7. The first-order chi connectivity index (χ1) is 14.0. The fraction of sp³-hybridized carbons (Fsp3) is 0.400. The van der Waals surface area contributed by atoms with E-state index >= 15 is 0 Å². The SMILES string of the molecule is CCC(C)(C)C1CCc2c(sc3c2C(=O)NC(c2ccc4ccccc4c2)N3)C1. The van der Waals surface area contributed by atoms with Gasteiger partial charge < -0.3 is 10.6 Å². The molecule has 0 saturated heterocycles. The molecule has 1 amide bonds. The smallest absolute Gasteiger partial charge is 0.256 e. The highest BCUT2D eigenvalue weighted by Gasteiger charge is 2.37. The van der Waals surface area contributed by atoms with Gasteiger partial charge in [-0.1, -0.05) is 63.6 Å². The van der Waals surface area contributed by atoms with Crippen LogP contribution in [0.5, 0.6) is 0 Å². The van der Waals surface area contributed by atoms with Gasteiger partial charge in [0.15, 0.2) is 0 Å². The second kappa shape index (κ2) is 6.88. The van der Waals surface area contributed by atoms with E-state index in [1.807, 2.05) is 0 Å². The number of thiophene rings is 1. The van der Waals surface area contributed by atoms with Gasteiger partial charge in [0.25, 0.3) is 5.91 Å². The standard InChI is InChI=1S/C25H28N2OS/c1-4-25(2,3)18-11-12-19-20(14-18)29-24-21(19)23(28)26-22(27-24)17-10-9-15-7-5-6-8-16(15)13-17/h5-10,13,18,22,27H,4,11-12,14H2,1-3H3,(H,26,28). The fourth-order valence-electron chi connectivity index (χ4n) is 4.81. The monoisotopic (exact) mass is 404 g/mol. The minimum absolute atomic E-state index is 0.0719. The van der Waals surface area contributed by atoms with Crippen LogP contribution in [0, 0.1) is 11.3 Å². The molecule has 0 bridgehead atoms. The van der Waals surface area contributed by atoms with Crippen molar-refractivity contribution < 1.29 is 4.79 Å². The average molecular weight is 405 g/mol. The fourth-order valence-corrected chi connectivity index (χ4v) is 6.16. The number of anilines is 1. The van der Waals surface area contributed by atoms with Crippen molar-refractivity contribution in [3.8, 4) is 0 Å². The largest absolute Gasteiger partial charge is 0.353 e. The van der Waals surface area contributed by atoms with Gasteiger partial charge in [-0.25, -0.2) is 0 Å². The summed E-state index contributed by atoms with van der Waals surface area (Å²) in [5.41, 5.74) is 3.63. The third kappa shape index (κ3) is 3.14. The molecule has 2 aliphatic rings. The van der Waals surface area contributed by atoms with Crippen molar-refractivity contribution in [3.05, 3.63) is 64.0 Å². The summed E-state index contributed by atoms with van der Waals surface area (Å²) in [5.74, 6) is 0.766. The zero-order chi connectivity index (χ0) is 20.2. The Balaban J connectivity index is 1.46. The van der Waals surface area contributed by atoms with Crippen LogP contribution in [0.1, 0.15) is 66.1 Å². The predicted molar refractivity (Wildman–Crippen MR) is 122 cm³/mol. The molecule has 29 heavy (non-hydrogen) atoms. The highest BCUT2D eigenvalue weighted by Crippen LogP contribution is 2.47. The van der Waals surface area contributed by atoms with Gasteiger partial charge in [-0.15, -0.1) is 11.3 Å². The number of carbonyl (C=O) groups excluding carboxylic acids is 1. The number of fused-ring (bicyclic) bond motifs is 4. The summed E-state index contributed by atoms with van der Waals surface area (Å²) in [5, 5.41) is 10.3. The topological polar surface area (TPSA) is 41.1 Å². The lowest BCUT2D eigenvalue weighted by Gasteiger charge is -2.36. The molecular formula is C25H28N2OS. The Morgan fingerprint density at radius 2 is 1.90 bits per heavy atom. The maximum Gasteiger partial charge on any atom is 0.256 e. The van der Waals surface area contributed by atoms with Gasteiger partial charge in [0.2, 0.25) is 0 Å². The molecule has 3 aromatic rings. The molecule has 0 radical (unpaired) electrons. The van der Waals surface area contributed by atoms with Gasteiger partial charge in [0.05, 0.1) is 5.56 Å². The van der Waals surface area contributed by atoms with Gasteiger partial charge in [0.1, 0.15) is 11.2 Å². The number of hydrogen-bond donors (Lipinski definition) is 2. The molecule has 2 unspecified atom stereocenters. The Morgan fingerprint density at radius 3 is 2.69 bits per heavy atom. The normalized spacial score (nSPS) is 21.3. The van der Waals surface area contributed by atoms with Gasteiger partial charge in [-0.3, -0.25) is 4.79 Å². The minimum Gasteiger partial charge on any atom is -0.353 e. The summed E-state index contributed by atoms with van der Waals surface area (Å²) in [6, 6.07) is 14.8. The van der Waals surface area contributed by atoms with Crippen molar-refractivity contribution in [2.45, 2.75) is 52.6 Å². The Hall–Kier alpha value is -2.33. The number of benzene rings is 2. The summed E-state index contributed by atoms with van der Waals surface area (Å²) in [6.45, 7) is 7.06. The molecule has 1 aromatic heterocycles. The Kier molecular flexibility index (Phi) is 4.43. The van der Waals surface area contributed by atoms with E-state index < -0.39 is 0 Å². The number of hydrogen-bond acceptors (Lipinski definition) is 3. The summed E-state index contributed by atoms with van der Waals surface area (Å²) >= 11 is 1.80. The second-order valence-electron chi connectivity index (χ2n) is 9.15. The lowest BCUT2D eigenvalue weighted by Crippen LogP contribution is -2.38. The first-order valence-corrected chi connectivity index (χ1v) is 11.5. The van der Waals surface area contributed by atoms with Gasteiger partial charge in [-0.05, 0) is 58.6 Å². The number of rotatable bonds is 3. The molecule has 0 spiro atoms. The van der Waals surface area contributed by atoms with E-state index in [0.717, 1.165) is 29.0 Å². The molecule has 4 heteroatoms. The molecule has 0 saturated carbocycles. The van der Waals surface area contributed by atoms with Crippen LogP contribution < -0.4 is 10.6 Å². The lowest BCUT2D eigenvalue weighted by molar-refractivity contribution is 0.0934. The number of amides is 1. The Morgan fingerprint density at radius 1 is 1.10 bits per heavy atom. The molecule has 1 aliphatic carbocycles. The molecule has 150 valence electrons. The highest BCUT2D eigenvalue weighted by atomic mass is 32.1. The zero-order valence-corrected chi connectivity index (χ0v) is 18.2. The Bertz CT molecular complexity index is 1100. The van der Waals surface area contributed by atoms with Crippen molar-refractivity contribution in [2.75, 3.05) is 5.32 Å². The molecular weight excluding hydrogens is 376 g/mol. The van der Waals surface area contributed by atoms with Crippen LogP contribution in [-0.4, -0.2) is 5.91 Å². The number of carbonyl (C=O) groups is 1. The van der Waals surface area contributed by atoms with Gasteiger partial charge in [-0.2, -0.15) is 0 Å². The molecule has 3 nitrogen and oxygen atoms in total. The van der Waals surface area contributed by atoms with E-state index in [1.54, 1.807) is 11.3 Å². The van der Waals surface area contributed by atoms with Crippen LogP contribution in [0.25, 0.3) is 10.8 Å². The third-order valence-electron chi connectivity index (χ3n) is 7.17. The van der Waals surface area contributed by atoms with Crippen LogP contribution in [-0.2, 0) is 12.8 Å². The molecule has 5 rings (SSSR count). The van der Waals surface area contributed by atoms with Crippen molar-refractivity contribution >= 4 is 33.0 Å². The van der Waals surface area contributed by atoms with Crippen LogP contribution in [0.3, 0.4) is 0 Å². The van der Waals surface area contributed by atoms with Gasteiger partial charge in [0, 0.05) is 4.88 Å². The van der Waals surface area contributed by atoms with Crippen molar-refractivity contribution in [3.63, 3.8) is 0 Å². The molecule has 2 heterocycles. The van der Waals surface area contributed by atoms with Crippen LogP contribution >= 0.6 is 11.3 Å². The quantitative estimate of drug-likeness (QED) is 0.538. The molecule has 2 atom stereocenters. The maximum atomic E-state index is 13.1. The maximum absolute atomic E-state index is 13.1. The Labute approximate surface area is 176 Å². The van der Waals surface area contributed by atoms with Crippen molar-refractivity contribution in [1.82, 2.24) is 5.32 Å². The number of nitrogens with one attached hydrogen (secondary N) is 2. The molecule has 1 aliphatic heterocycles. The third-order valence-corrected chi connectivity index (χ3v) is 8.35. The van der Waals surface area contributed by atoms with Crippen molar-refractivity contribution in [2.24, 2.45) is 11.3 Å². The summed E-state index contributed by atoms with van der Waals surface area (Å²) in [4.78, 5) is 14.5. The summed E-state index contributed by atoms with van der Waals surface area (Å²) < 4.78 is 0. The summed E-state index contributed by atoms with van der Waals surface area (Å²) in [7, 11) is 0. The molecule has 0 fully saturated rings. The average Bonchev–Trinajstić information content (AvgIpc) is 3.11. The van der Waals surface area contributed by atoms with Crippen molar-refractivity contribution in [1.29, 1.82) is 0 Å². The van der Waals surface area contributed by atoms with E-state index in [0.29, 0.717) is 11.3 Å². The van der Waals surface area contributed by atoms with Crippen LogP contribution in [0.15, 0.2) is 42.5 Å². The zero-order valence-electron chi connectivity index (χ0n) is 17.3. The molecule has 2 aromatic carbocycles. The van der Waals surface area contributed by atoms with E-state index in [1.165, 1.54) is 34.1 Å². The second-order valence-corrected chi connectivity index (χ2v) is 10.3. The van der Waals surface area contributed by atoms with Crippen LogP contribution in [0.4, 0.5) is 5.00 Å². The minimum atomic E-state index is -0.178. The van der Waals surface area contributed by atoms with E-state index in [4.69, 9.17) is 0 Å². The lowest BCUT2D eigenvalue weighted by atomic mass is 9.69. The highest BCUT2D eigenvalue weighted by molar-refractivity contribution is 7.16. The first-order valence-electron chi connectivity index (χ1n) is 10.7. The van der Waals surface area contributed by atoms with Crippen LogP contribution in [0.2, 0.25) is 0 Å². The van der Waals surface area contributed by atoms with E-state index in [9.17, 15) is 4.79 Å². The summed E-state index contributed by atoms with van der Waals surface area (Å²) in [6.07, 6.45) is 4.32. The predicted octanol–water partition coefficient (Wildman–Crippen LogP) is 6.30. The van der Waals surface area contributed by atoms with Gasteiger partial charge >= 0.3 is 0 Å².